The number of hydrogen-bond acceptors (Lipinski definition) is 3. The summed E-state index contributed by atoms with van der Waals surface area (Å²) in [4.78, 5) is 13.4. The van der Waals surface area contributed by atoms with E-state index in [1.807, 2.05) is 0 Å². The number of aromatic nitrogens is 1. The fraction of sp³-hybridized carbons (Fsp3) is 0.192. The normalized spacial score (nSPS) is 11.5. The Morgan fingerprint density at radius 1 is 0.774 bits per heavy atom. The zero-order valence-electron chi connectivity index (χ0n) is 17.1. The molecule has 1 N–H and O–H groups in total. The van der Waals surface area contributed by atoms with E-state index < -0.39 is 5.97 Å². The summed E-state index contributed by atoms with van der Waals surface area (Å²) in [6.07, 6.45) is 2.89. The van der Waals surface area contributed by atoms with Crippen molar-refractivity contribution in [1.82, 2.24) is 4.57 Å². The molecule has 0 radical (unpaired) electrons. The first-order valence-corrected chi connectivity index (χ1v) is 12.3. The molecule has 3 heterocycles. The van der Waals surface area contributed by atoms with Crippen LogP contribution in [0.15, 0.2) is 71.4 Å². The van der Waals surface area contributed by atoms with Gasteiger partial charge in [-0.05, 0) is 71.1 Å². The molecule has 0 aliphatic heterocycles. The summed E-state index contributed by atoms with van der Waals surface area (Å²) in [5.74, 6) is -0.709. The third kappa shape index (κ3) is 4.03. The maximum absolute atomic E-state index is 10.8. The van der Waals surface area contributed by atoms with E-state index in [0.717, 1.165) is 25.8 Å². The fourth-order valence-corrected chi connectivity index (χ4v) is 5.71. The molecule has 0 amide bonds. The second-order valence-corrected chi connectivity index (χ2v) is 9.67. The summed E-state index contributed by atoms with van der Waals surface area (Å²) in [5, 5.41) is 15.7. The van der Waals surface area contributed by atoms with Gasteiger partial charge in [0.1, 0.15) is 0 Å². The predicted molar refractivity (Wildman–Crippen MR) is 132 cm³/mol. The molecule has 0 aliphatic rings. The third-order valence-electron chi connectivity index (χ3n) is 5.75. The number of carboxylic acid groups (broad SMARTS) is 1. The number of benzene rings is 2. The van der Waals surface area contributed by atoms with Crippen LogP contribution in [0.3, 0.4) is 0 Å². The Morgan fingerprint density at radius 3 is 1.84 bits per heavy atom. The summed E-state index contributed by atoms with van der Waals surface area (Å²) in [6.45, 7) is 0.899. The number of fused-ring (bicyclic) bond motifs is 3. The molecule has 0 unspecified atom stereocenters. The molecule has 0 spiro atoms. The van der Waals surface area contributed by atoms with Crippen LogP contribution in [0.1, 0.15) is 25.7 Å². The molecule has 0 aliphatic carbocycles. The molecule has 5 heteroatoms. The van der Waals surface area contributed by atoms with Gasteiger partial charge in [-0.15, -0.1) is 22.7 Å². The van der Waals surface area contributed by atoms with Crippen LogP contribution in [0, 0.1) is 0 Å². The summed E-state index contributed by atoms with van der Waals surface area (Å²) in [7, 11) is 0. The van der Waals surface area contributed by atoms with Gasteiger partial charge in [0.05, 0.1) is 0 Å². The lowest BCUT2D eigenvalue weighted by atomic mass is 10.1. The lowest BCUT2D eigenvalue weighted by Crippen LogP contribution is -1.99. The standard InChI is InChI=1S/C26H23NO2S2/c28-26(29)8-2-1-3-13-27-22-11-9-18(24-6-4-14-30-24)16-20(22)21-17-19(10-12-23(21)27)25-7-5-15-31-25/h4-7,9-12,14-17H,1-3,8,13H2,(H,28,29). The van der Waals surface area contributed by atoms with E-state index in [1.165, 1.54) is 42.7 Å². The lowest BCUT2D eigenvalue weighted by molar-refractivity contribution is -0.137. The zero-order valence-corrected chi connectivity index (χ0v) is 18.7. The number of hydrogen-bond donors (Lipinski definition) is 1. The quantitative estimate of drug-likeness (QED) is 0.247. The Hall–Kier alpha value is -2.89. The Kier molecular flexibility index (Phi) is 5.62. The number of carboxylic acids is 1. The van der Waals surface area contributed by atoms with Crippen molar-refractivity contribution in [1.29, 1.82) is 0 Å². The molecule has 0 atom stereocenters. The minimum atomic E-state index is -0.709. The van der Waals surface area contributed by atoms with E-state index >= 15 is 0 Å². The molecule has 0 bridgehead atoms. The van der Waals surface area contributed by atoms with Gasteiger partial charge in [0, 0.05) is 44.5 Å². The topological polar surface area (TPSA) is 42.2 Å². The van der Waals surface area contributed by atoms with Crippen LogP contribution in [-0.2, 0) is 11.3 Å². The van der Waals surface area contributed by atoms with Crippen LogP contribution in [-0.4, -0.2) is 15.6 Å². The Balaban J connectivity index is 1.58. The van der Waals surface area contributed by atoms with Crippen LogP contribution in [0.4, 0.5) is 0 Å². The molecule has 156 valence electrons. The second-order valence-electron chi connectivity index (χ2n) is 7.77. The summed E-state index contributed by atoms with van der Waals surface area (Å²) >= 11 is 3.53. The van der Waals surface area contributed by atoms with E-state index in [9.17, 15) is 4.79 Å². The van der Waals surface area contributed by atoms with Crippen LogP contribution < -0.4 is 0 Å². The van der Waals surface area contributed by atoms with Gasteiger partial charge in [-0.25, -0.2) is 0 Å². The van der Waals surface area contributed by atoms with Gasteiger partial charge < -0.3 is 9.67 Å². The number of aliphatic carboxylic acids is 1. The van der Waals surface area contributed by atoms with Crippen molar-refractivity contribution >= 4 is 50.4 Å². The largest absolute Gasteiger partial charge is 0.481 e. The first-order valence-electron chi connectivity index (χ1n) is 10.6. The number of unbranched alkanes of at least 4 members (excludes halogenated alkanes) is 2. The summed E-state index contributed by atoms with van der Waals surface area (Å²) in [5.41, 5.74) is 5.00. The van der Waals surface area contributed by atoms with Crippen LogP contribution in [0.2, 0.25) is 0 Å². The highest BCUT2D eigenvalue weighted by Crippen LogP contribution is 2.37. The Labute approximate surface area is 189 Å². The molecule has 0 saturated heterocycles. The van der Waals surface area contributed by atoms with E-state index in [-0.39, 0.29) is 6.42 Å². The van der Waals surface area contributed by atoms with E-state index in [1.54, 1.807) is 22.7 Å². The average Bonchev–Trinajstić information content (AvgIpc) is 3.54. The number of rotatable bonds is 8. The monoisotopic (exact) mass is 445 g/mol. The lowest BCUT2D eigenvalue weighted by Gasteiger charge is -2.08. The van der Waals surface area contributed by atoms with Crippen LogP contribution in [0.25, 0.3) is 42.7 Å². The average molecular weight is 446 g/mol. The van der Waals surface area contributed by atoms with Crippen molar-refractivity contribution in [2.75, 3.05) is 0 Å². The van der Waals surface area contributed by atoms with Gasteiger partial charge >= 0.3 is 5.97 Å². The highest BCUT2D eigenvalue weighted by Gasteiger charge is 2.13. The molecule has 0 saturated carbocycles. The van der Waals surface area contributed by atoms with Crippen molar-refractivity contribution in [2.24, 2.45) is 0 Å². The van der Waals surface area contributed by atoms with Gasteiger partial charge in [0.2, 0.25) is 0 Å². The number of thiophene rings is 2. The van der Waals surface area contributed by atoms with E-state index in [0.29, 0.717) is 0 Å². The van der Waals surface area contributed by atoms with Gasteiger partial charge in [-0.2, -0.15) is 0 Å². The van der Waals surface area contributed by atoms with Gasteiger partial charge in [0.15, 0.2) is 0 Å². The van der Waals surface area contributed by atoms with Crippen molar-refractivity contribution in [3.8, 4) is 20.9 Å². The molecule has 31 heavy (non-hydrogen) atoms. The first kappa shape index (κ1) is 20.0. The van der Waals surface area contributed by atoms with Gasteiger partial charge in [0.25, 0.3) is 0 Å². The maximum atomic E-state index is 10.8. The molecular weight excluding hydrogens is 422 g/mol. The highest BCUT2D eigenvalue weighted by atomic mass is 32.1. The SMILES string of the molecule is O=C(O)CCCCCn1c2ccc(-c3cccs3)cc2c2cc(-c3cccs3)ccc21. The Morgan fingerprint density at radius 2 is 1.35 bits per heavy atom. The van der Waals surface area contributed by atoms with Crippen molar-refractivity contribution in [2.45, 2.75) is 32.2 Å². The van der Waals surface area contributed by atoms with Gasteiger partial charge in [-0.1, -0.05) is 30.7 Å². The number of nitrogens with zero attached hydrogens (tertiary/aromatic N) is 1. The van der Waals surface area contributed by atoms with Gasteiger partial charge in [-0.3, -0.25) is 4.79 Å². The molecule has 2 aromatic carbocycles. The minimum Gasteiger partial charge on any atom is -0.481 e. The molecule has 5 aromatic rings. The van der Waals surface area contributed by atoms with E-state index in [2.05, 4.69) is 76.0 Å². The summed E-state index contributed by atoms with van der Waals surface area (Å²) in [6, 6.07) is 22.1. The van der Waals surface area contributed by atoms with E-state index in [4.69, 9.17) is 5.11 Å². The van der Waals surface area contributed by atoms with Crippen molar-refractivity contribution in [3.63, 3.8) is 0 Å². The maximum Gasteiger partial charge on any atom is 0.303 e. The van der Waals surface area contributed by atoms with Crippen molar-refractivity contribution < 1.29 is 9.90 Å². The molecule has 5 rings (SSSR count). The fourth-order valence-electron chi connectivity index (χ4n) is 4.26. The summed E-state index contributed by atoms with van der Waals surface area (Å²) < 4.78 is 2.40. The Bertz CT molecular complexity index is 1240. The van der Waals surface area contributed by atoms with Crippen LogP contribution in [0.5, 0.6) is 0 Å². The number of carbonyl (C=O) groups is 1. The zero-order chi connectivity index (χ0) is 21.2. The third-order valence-corrected chi connectivity index (χ3v) is 7.59. The second kappa shape index (κ2) is 8.69. The van der Waals surface area contributed by atoms with Crippen LogP contribution >= 0.6 is 22.7 Å². The minimum absolute atomic E-state index is 0.252. The molecule has 3 nitrogen and oxygen atoms in total. The smallest absolute Gasteiger partial charge is 0.303 e. The molecule has 0 fully saturated rings. The molecule has 3 aromatic heterocycles. The number of aryl methyl sites for hydroxylation is 1. The van der Waals surface area contributed by atoms with Crippen molar-refractivity contribution in [3.05, 3.63) is 71.4 Å². The highest BCUT2D eigenvalue weighted by molar-refractivity contribution is 7.13. The predicted octanol–water partition coefficient (Wildman–Crippen LogP) is 7.90. The molecular formula is C26H23NO2S2. The first-order chi connectivity index (χ1) is 15.2.